The Bertz CT molecular complexity index is 590. The van der Waals surface area contributed by atoms with Gasteiger partial charge in [0.1, 0.15) is 5.82 Å². The summed E-state index contributed by atoms with van der Waals surface area (Å²) in [7, 11) is 0. The number of halogens is 1. The molecule has 1 heterocycles. The summed E-state index contributed by atoms with van der Waals surface area (Å²) in [6.45, 7) is 4.51. The van der Waals surface area contributed by atoms with Crippen LogP contribution in [0.4, 0.5) is 4.39 Å². The molecule has 0 amide bonds. The molecule has 19 heavy (non-hydrogen) atoms. The number of ether oxygens (including phenoxy) is 1. The summed E-state index contributed by atoms with van der Waals surface area (Å²) in [6.07, 6.45) is 1.81. The van der Waals surface area contributed by atoms with Crippen LogP contribution in [0.25, 0.3) is 0 Å². The van der Waals surface area contributed by atoms with E-state index in [4.69, 9.17) is 4.74 Å². The van der Waals surface area contributed by atoms with E-state index < -0.39 is 0 Å². The molecule has 0 radical (unpaired) electrons. The van der Waals surface area contributed by atoms with Gasteiger partial charge in [0.25, 0.3) is 0 Å². The Kier molecular flexibility index (Phi) is 4.00. The van der Waals surface area contributed by atoms with Crippen LogP contribution in [0.1, 0.15) is 28.5 Å². The first-order chi connectivity index (χ1) is 9.11. The summed E-state index contributed by atoms with van der Waals surface area (Å²) in [4.78, 5) is 11.7. The Hall–Kier alpha value is -2.10. The molecule has 2 aromatic rings. The van der Waals surface area contributed by atoms with Crippen LogP contribution in [-0.4, -0.2) is 17.1 Å². The van der Waals surface area contributed by atoms with E-state index in [1.807, 2.05) is 23.8 Å². The van der Waals surface area contributed by atoms with Crippen molar-refractivity contribution in [2.75, 3.05) is 6.61 Å². The fourth-order valence-electron chi connectivity index (χ4n) is 1.98. The van der Waals surface area contributed by atoms with E-state index >= 15 is 0 Å². The predicted octanol–water partition coefficient (Wildman–Crippen LogP) is 3.16. The van der Waals surface area contributed by atoms with Gasteiger partial charge in [-0.25, -0.2) is 9.18 Å². The number of aromatic nitrogens is 1. The molecule has 3 nitrogen and oxygen atoms in total. The van der Waals surface area contributed by atoms with E-state index in [0.717, 1.165) is 11.3 Å². The van der Waals surface area contributed by atoms with Crippen molar-refractivity contribution >= 4 is 5.97 Å². The summed E-state index contributed by atoms with van der Waals surface area (Å²) in [5.74, 6) is -0.578. The van der Waals surface area contributed by atoms with Gasteiger partial charge in [-0.15, -0.1) is 0 Å². The third kappa shape index (κ3) is 3.02. The molecule has 0 spiro atoms. The van der Waals surface area contributed by atoms with Gasteiger partial charge in [0.05, 0.1) is 12.2 Å². The molecule has 1 aromatic heterocycles. The fourth-order valence-corrected chi connectivity index (χ4v) is 1.98. The van der Waals surface area contributed by atoms with Crippen molar-refractivity contribution in [3.05, 3.63) is 59.2 Å². The minimum Gasteiger partial charge on any atom is -0.462 e. The minimum atomic E-state index is -0.321. The first kappa shape index (κ1) is 13.3. The Morgan fingerprint density at radius 3 is 2.84 bits per heavy atom. The lowest BCUT2D eigenvalue weighted by molar-refractivity contribution is 0.0525. The van der Waals surface area contributed by atoms with Crippen LogP contribution in [0.15, 0.2) is 36.5 Å². The van der Waals surface area contributed by atoms with Crippen LogP contribution in [0.5, 0.6) is 0 Å². The summed E-state index contributed by atoms with van der Waals surface area (Å²) < 4.78 is 20.0. The molecule has 4 heteroatoms. The van der Waals surface area contributed by atoms with Gasteiger partial charge in [-0.2, -0.15) is 0 Å². The van der Waals surface area contributed by atoms with Gasteiger partial charge in [0, 0.05) is 18.4 Å². The first-order valence-electron chi connectivity index (χ1n) is 6.19. The Morgan fingerprint density at radius 2 is 2.16 bits per heavy atom. The van der Waals surface area contributed by atoms with Gasteiger partial charge < -0.3 is 9.30 Å². The third-order valence-corrected chi connectivity index (χ3v) is 2.98. The van der Waals surface area contributed by atoms with Crippen molar-refractivity contribution in [1.29, 1.82) is 0 Å². The Labute approximate surface area is 111 Å². The van der Waals surface area contributed by atoms with Crippen LogP contribution in [-0.2, 0) is 11.3 Å². The van der Waals surface area contributed by atoms with E-state index in [1.54, 1.807) is 19.1 Å². The highest BCUT2D eigenvalue weighted by atomic mass is 19.1. The molecule has 100 valence electrons. The lowest BCUT2D eigenvalue weighted by Gasteiger charge is -2.07. The number of nitrogens with zero attached hydrogens (tertiary/aromatic N) is 1. The zero-order chi connectivity index (χ0) is 13.8. The maximum Gasteiger partial charge on any atom is 0.339 e. The number of carbonyl (C=O) groups excluding carboxylic acids is 1. The zero-order valence-corrected chi connectivity index (χ0v) is 11.0. The van der Waals surface area contributed by atoms with E-state index in [0.29, 0.717) is 18.7 Å². The van der Waals surface area contributed by atoms with E-state index in [9.17, 15) is 9.18 Å². The maximum atomic E-state index is 13.1. The second kappa shape index (κ2) is 5.69. The van der Waals surface area contributed by atoms with Gasteiger partial charge in [-0.3, -0.25) is 0 Å². The number of esters is 1. The number of rotatable bonds is 4. The highest BCUT2D eigenvalue weighted by Gasteiger charge is 2.13. The highest BCUT2D eigenvalue weighted by molar-refractivity contribution is 5.90. The van der Waals surface area contributed by atoms with Gasteiger partial charge in [-0.1, -0.05) is 12.1 Å². The molecule has 0 aliphatic rings. The number of benzene rings is 1. The van der Waals surface area contributed by atoms with Crippen LogP contribution < -0.4 is 0 Å². The Balaban J connectivity index is 2.20. The first-order valence-corrected chi connectivity index (χ1v) is 6.19. The van der Waals surface area contributed by atoms with E-state index in [2.05, 4.69) is 0 Å². The molecule has 2 rings (SSSR count). The quantitative estimate of drug-likeness (QED) is 0.792. The average molecular weight is 261 g/mol. The van der Waals surface area contributed by atoms with Crippen molar-refractivity contribution in [3.63, 3.8) is 0 Å². The number of carbonyl (C=O) groups is 1. The maximum absolute atomic E-state index is 13.1. The van der Waals surface area contributed by atoms with Crippen molar-refractivity contribution in [3.8, 4) is 0 Å². The molecular weight excluding hydrogens is 245 g/mol. The summed E-state index contributed by atoms with van der Waals surface area (Å²) in [6, 6.07) is 8.16. The standard InChI is InChI=1S/C15H16FNO2/c1-3-19-15(18)14-7-8-17(11(14)2)10-12-5-4-6-13(16)9-12/h4-9H,3,10H2,1-2H3. The van der Waals surface area contributed by atoms with Gasteiger partial charge >= 0.3 is 5.97 Å². The third-order valence-electron chi connectivity index (χ3n) is 2.98. The van der Waals surface area contributed by atoms with Crippen LogP contribution in [0.3, 0.4) is 0 Å². The predicted molar refractivity (Wildman–Crippen MR) is 70.6 cm³/mol. The van der Waals surface area contributed by atoms with Gasteiger partial charge in [-0.05, 0) is 37.6 Å². The van der Waals surface area contributed by atoms with Crippen molar-refractivity contribution in [2.24, 2.45) is 0 Å². The summed E-state index contributed by atoms with van der Waals surface area (Å²) in [5, 5.41) is 0. The van der Waals surface area contributed by atoms with Crippen LogP contribution in [0, 0.1) is 12.7 Å². The molecule has 1 aromatic carbocycles. The largest absolute Gasteiger partial charge is 0.462 e. The van der Waals surface area contributed by atoms with Crippen LogP contribution in [0.2, 0.25) is 0 Å². The topological polar surface area (TPSA) is 31.2 Å². The fraction of sp³-hybridized carbons (Fsp3) is 0.267. The van der Waals surface area contributed by atoms with Crippen molar-refractivity contribution in [1.82, 2.24) is 4.57 Å². The number of hydrogen-bond donors (Lipinski definition) is 0. The Morgan fingerprint density at radius 1 is 1.37 bits per heavy atom. The number of hydrogen-bond acceptors (Lipinski definition) is 2. The van der Waals surface area contributed by atoms with Gasteiger partial charge in [0.2, 0.25) is 0 Å². The molecule has 0 saturated heterocycles. The smallest absolute Gasteiger partial charge is 0.339 e. The summed E-state index contributed by atoms with van der Waals surface area (Å²) in [5.41, 5.74) is 2.23. The second-order valence-corrected chi connectivity index (χ2v) is 4.29. The van der Waals surface area contributed by atoms with Gasteiger partial charge in [0.15, 0.2) is 0 Å². The van der Waals surface area contributed by atoms with Crippen molar-refractivity contribution < 1.29 is 13.9 Å². The highest BCUT2D eigenvalue weighted by Crippen LogP contribution is 2.14. The zero-order valence-electron chi connectivity index (χ0n) is 11.0. The lowest BCUT2D eigenvalue weighted by Crippen LogP contribution is -2.07. The summed E-state index contributed by atoms with van der Waals surface area (Å²) >= 11 is 0. The van der Waals surface area contributed by atoms with Crippen molar-refractivity contribution in [2.45, 2.75) is 20.4 Å². The normalized spacial score (nSPS) is 10.5. The molecule has 0 atom stereocenters. The molecule has 0 aliphatic heterocycles. The molecule has 0 N–H and O–H groups in total. The molecule has 0 aliphatic carbocycles. The van der Waals surface area contributed by atoms with E-state index in [1.165, 1.54) is 12.1 Å². The molecular formula is C15H16FNO2. The second-order valence-electron chi connectivity index (χ2n) is 4.29. The van der Waals surface area contributed by atoms with E-state index in [-0.39, 0.29) is 11.8 Å². The molecule has 0 bridgehead atoms. The lowest BCUT2D eigenvalue weighted by atomic mass is 10.2. The monoisotopic (exact) mass is 261 g/mol. The SMILES string of the molecule is CCOC(=O)c1ccn(Cc2cccc(F)c2)c1C. The van der Waals surface area contributed by atoms with Crippen LogP contribution >= 0.6 is 0 Å². The molecule has 0 saturated carbocycles. The molecule has 0 unspecified atom stereocenters. The average Bonchev–Trinajstić information content (AvgIpc) is 2.71. The minimum absolute atomic E-state index is 0.257. The molecule has 0 fully saturated rings.